The minimum atomic E-state index is 0.422. The number of nitrogens with zero attached hydrogens (tertiary/aromatic N) is 1. The zero-order valence-electron chi connectivity index (χ0n) is 10.3. The van der Waals surface area contributed by atoms with Crippen molar-refractivity contribution in [2.45, 2.75) is 39.4 Å². The van der Waals surface area contributed by atoms with Crippen LogP contribution in [-0.2, 0) is 4.74 Å². The summed E-state index contributed by atoms with van der Waals surface area (Å²) in [7, 11) is 3.75. The van der Waals surface area contributed by atoms with E-state index in [2.05, 4.69) is 31.0 Å². The Labute approximate surface area is 88.8 Å². The van der Waals surface area contributed by atoms with Crippen molar-refractivity contribution in [3.8, 4) is 0 Å². The van der Waals surface area contributed by atoms with Crippen LogP contribution >= 0.6 is 0 Å². The number of nitrogens with one attached hydrogen (secondary N) is 1. The van der Waals surface area contributed by atoms with Crippen LogP contribution in [0, 0.1) is 0 Å². The topological polar surface area (TPSA) is 24.5 Å². The monoisotopic (exact) mass is 202 g/mol. The molecule has 1 fully saturated rings. The lowest BCUT2D eigenvalue weighted by Crippen LogP contribution is -2.45. The van der Waals surface area contributed by atoms with E-state index in [4.69, 9.17) is 4.74 Å². The second-order valence-electron chi connectivity index (χ2n) is 4.02. The minimum Gasteiger partial charge on any atom is -0.373 e. The van der Waals surface area contributed by atoms with Crippen molar-refractivity contribution < 1.29 is 4.74 Å². The molecule has 0 spiro atoms. The lowest BCUT2D eigenvalue weighted by molar-refractivity contribution is -0.0677. The Morgan fingerprint density at radius 1 is 1.21 bits per heavy atom. The molecule has 14 heavy (non-hydrogen) atoms. The van der Waals surface area contributed by atoms with Crippen LogP contribution in [0.2, 0.25) is 0 Å². The molecule has 0 radical (unpaired) electrons. The molecule has 0 aromatic heterocycles. The second kappa shape index (κ2) is 8.21. The Balaban J connectivity index is 0.000000500. The molecule has 1 aliphatic heterocycles. The SMILES string of the molecule is CCCN1CC(C)OC(C)C1.CNC. The highest BCUT2D eigenvalue weighted by Gasteiger charge is 2.20. The fourth-order valence-corrected chi connectivity index (χ4v) is 1.78. The maximum Gasteiger partial charge on any atom is 0.0678 e. The fourth-order valence-electron chi connectivity index (χ4n) is 1.78. The Kier molecular flexibility index (Phi) is 8.14. The quantitative estimate of drug-likeness (QED) is 0.731. The number of rotatable bonds is 2. The molecule has 0 bridgehead atoms. The average Bonchev–Trinajstić information content (AvgIpc) is 2.03. The van der Waals surface area contributed by atoms with Gasteiger partial charge in [-0.15, -0.1) is 0 Å². The standard InChI is InChI=1S/C9H19NO.C2H7N/c1-4-5-10-6-8(2)11-9(3)7-10;1-3-2/h8-9H,4-7H2,1-3H3;3H,1-2H3. The van der Waals surface area contributed by atoms with Gasteiger partial charge in [0, 0.05) is 13.1 Å². The first kappa shape index (κ1) is 13.9. The van der Waals surface area contributed by atoms with Gasteiger partial charge in [0.1, 0.15) is 0 Å². The molecule has 1 saturated heterocycles. The van der Waals surface area contributed by atoms with E-state index in [9.17, 15) is 0 Å². The van der Waals surface area contributed by atoms with E-state index in [0.717, 1.165) is 13.1 Å². The molecular formula is C11H26N2O. The van der Waals surface area contributed by atoms with Gasteiger partial charge in [0.05, 0.1) is 12.2 Å². The summed E-state index contributed by atoms with van der Waals surface area (Å²) in [4.78, 5) is 2.48. The van der Waals surface area contributed by atoms with Crippen LogP contribution in [-0.4, -0.2) is 50.8 Å². The Bertz CT molecular complexity index is 120. The van der Waals surface area contributed by atoms with Gasteiger partial charge in [0.2, 0.25) is 0 Å². The van der Waals surface area contributed by atoms with Gasteiger partial charge in [-0.2, -0.15) is 0 Å². The number of hydrogen-bond donors (Lipinski definition) is 1. The van der Waals surface area contributed by atoms with Crippen LogP contribution in [0.1, 0.15) is 27.2 Å². The van der Waals surface area contributed by atoms with Crippen molar-refractivity contribution in [2.24, 2.45) is 0 Å². The minimum absolute atomic E-state index is 0.422. The van der Waals surface area contributed by atoms with Gasteiger partial charge >= 0.3 is 0 Å². The molecule has 1 heterocycles. The predicted molar refractivity (Wildman–Crippen MR) is 61.7 cm³/mol. The molecule has 0 aliphatic carbocycles. The van der Waals surface area contributed by atoms with Gasteiger partial charge < -0.3 is 10.1 Å². The van der Waals surface area contributed by atoms with Crippen molar-refractivity contribution in [3.63, 3.8) is 0 Å². The molecule has 1 rings (SSSR count). The summed E-state index contributed by atoms with van der Waals surface area (Å²) in [5.74, 6) is 0. The zero-order chi connectivity index (χ0) is 11.0. The molecule has 86 valence electrons. The molecule has 1 aliphatic rings. The summed E-state index contributed by atoms with van der Waals surface area (Å²) in [5, 5.41) is 2.75. The van der Waals surface area contributed by atoms with E-state index in [0.29, 0.717) is 12.2 Å². The van der Waals surface area contributed by atoms with Gasteiger partial charge in [-0.3, -0.25) is 4.90 Å². The molecule has 0 saturated carbocycles. The van der Waals surface area contributed by atoms with Crippen LogP contribution in [0.3, 0.4) is 0 Å². The van der Waals surface area contributed by atoms with Crippen LogP contribution in [0.15, 0.2) is 0 Å². The summed E-state index contributed by atoms with van der Waals surface area (Å²) in [6, 6.07) is 0. The highest BCUT2D eigenvalue weighted by molar-refractivity contribution is 4.72. The largest absolute Gasteiger partial charge is 0.373 e. The van der Waals surface area contributed by atoms with Gasteiger partial charge in [-0.05, 0) is 40.9 Å². The van der Waals surface area contributed by atoms with Gasteiger partial charge in [0.15, 0.2) is 0 Å². The Morgan fingerprint density at radius 3 is 2.00 bits per heavy atom. The fraction of sp³-hybridized carbons (Fsp3) is 1.00. The van der Waals surface area contributed by atoms with Gasteiger partial charge in [-0.1, -0.05) is 6.92 Å². The molecular weight excluding hydrogens is 176 g/mol. The van der Waals surface area contributed by atoms with Crippen LogP contribution < -0.4 is 5.32 Å². The van der Waals surface area contributed by atoms with Crippen molar-refractivity contribution in [1.82, 2.24) is 10.2 Å². The normalized spacial score (nSPS) is 28.1. The van der Waals surface area contributed by atoms with Crippen LogP contribution in [0.5, 0.6) is 0 Å². The molecule has 2 unspecified atom stereocenters. The van der Waals surface area contributed by atoms with Gasteiger partial charge in [0.25, 0.3) is 0 Å². The van der Waals surface area contributed by atoms with E-state index in [-0.39, 0.29) is 0 Å². The predicted octanol–water partition coefficient (Wildman–Crippen LogP) is 1.34. The highest BCUT2D eigenvalue weighted by Crippen LogP contribution is 2.10. The second-order valence-corrected chi connectivity index (χ2v) is 4.02. The maximum atomic E-state index is 5.62. The molecule has 0 aromatic carbocycles. The van der Waals surface area contributed by atoms with E-state index < -0.39 is 0 Å². The van der Waals surface area contributed by atoms with E-state index in [1.807, 2.05) is 14.1 Å². The summed E-state index contributed by atoms with van der Waals surface area (Å²) in [6.07, 6.45) is 2.09. The smallest absolute Gasteiger partial charge is 0.0678 e. The molecule has 0 amide bonds. The third-order valence-corrected chi connectivity index (χ3v) is 2.04. The van der Waals surface area contributed by atoms with E-state index in [1.54, 1.807) is 0 Å². The number of morpholine rings is 1. The van der Waals surface area contributed by atoms with Crippen LogP contribution in [0.4, 0.5) is 0 Å². The molecule has 3 nitrogen and oxygen atoms in total. The zero-order valence-corrected chi connectivity index (χ0v) is 10.3. The molecule has 3 heteroatoms. The third kappa shape index (κ3) is 6.35. The number of hydrogen-bond acceptors (Lipinski definition) is 3. The van der Waals surface area contributed by atoms with Crippen molar-refractivity contribution >= 4 is 0 Å². The summed E-state index contributed by atoms with van der Waals surface area (Å²) < 4.78 is 5.62. The van der Waals surface area contributed by atoms with Gasteiger partial charge in [-0.25, -0.2) is 0 Å². The van der Waals surface area contributed by atoms with E-state index in [1.165, 1.54) is 13.0 Å². The number of ether oxygens (including phenoxy) is 1. The maximum absolute atomic E-state index is 5.62. The summed E-state index contributed by atoms with van der Waals surface area (Å²) in [5.41, 5.74) is 0. The highest BCUT2D eigenvalue weighted by atomic mass is 16.5. The Morgan fingerprint density at radius 2 is 1.64 bits per heavy atom. The lowest BCUT2D eigenvalue weighted by Gasteiger charge is -2.35. The van der Waals surface area contributed by atoms with Crippen molar-refractivity contribution in [1.29, 1.82) is 0 Å². The average molecular weight is 202 g/mol. The van der Waals surface area contributed by atoms with E-state index >= 15 is 0 Å². The lowest BCUT2D eigenvalue weighted by atomic mass is 10.2. The first-order valence-corrected chi connectivity index (χ1v) is 5.60. The first-order chi connectivity index (χ1) is 6.63. The first-order valence-electron chi connectivity index (χ1n) is 5.60. The van der Waals surface area contributed by atoms with Crippen molar-refractivity contribution in [2.75, 3.05) is 33.7 Å². The molecule has 2 atom stereocenters. The van der Waals surface area contributed by atoms with Crippen LogP contribution in [0.25, 0.3) is 0 Å². The molecule has 1 N–H and O–H groups in total. The third-order valence-electron chi connectivity index (χ3n) is 2.04. The Hall–Kier alpha value is -0.120. The van der Waals surface area contributed by atoms with Crippen molar-refractivity contribution in [3.05, 3.63) is 0 Å². The summed E-state index contributed by atoms with van der Waals surface area (Å²) >= 11 is 0. The summed E-state index contributed by atoms with van der Waals surface area (Å²) in [6.45, 7) is 9.97. The molecule has 0 aromatic rings.